The van der Waals surface area contributed by atoms with E-state index >= 15 is 0 Å². The second-order valence-electron chi connectivity index (χ2n) is 6.81. The zero-order valence-electron chi connectivity index (χ0n) is 16.0. The van der Waals surface area contributed by atoms with Crippen molar-refractivity contribution in [3.8, 4) is 5.75 Å². The highest BCUT2D eigenvalue weighted by molar-refractivity contribution is 5.79. The molecule has 0 amide bonds. The summed E-state index contributed by atoms with van der Waals surface area (Å²) in [6.45, 7) is 3.51. The van der Waals surface area contributed by atoms with E-state index in [0.717, 1.165) is 44.8 Å². The summed E-state index contributed by atoms with van der Waals surface area (Å²) < 4.78 is 41.8. The molecule has 0 radical (unpaired) electrons. The Balaban J connectivity index is 1.66. The predicted octanol–water partition coefficient (Wildman–Crippen LogP) is 3.02. The molecule has 1 aromatic carbocycles. The number of nitrogens with one attached hydrogen (secondary N) is 2. The molecule has 0 unspecified atom stereocenters. The lowest BCUT2D eigenvalue weighted by atomic mass is 9.96. The van der Waals surface area contributed by atoms with Crippen LogP contribution in [0.25, 0.3) is 0 Å². The zero-order chi connectivity index (χ0) is 19.7. The van der Waals surface area contributed by atoms with Gasteiger partial charge in [0.2, 0.25) is 0 Å². The molecule has 152 valence electrons. The van der Waals surface area contributed by atoms with Gasteiger partial charge in [0.1, 0.15) is 5.75 Å². The maximum absolute atomic E-state index is 12.2. The Hall–Kier alpha value is -1.96. The number of alkyl halides is 3. The molecule has 0 bridgehead atoms. The summed E-state index contributed by atoms with van der Waals surface area (Å²) in [5, 5.41) is 5.86. The molecule has 2 N–H and O–H groups in total. The van der Waals surface area contributed by atoms with E-state index in [4.69, 9.17) is 4.74 Å². The first-order chi connectivity index (χ1) is 12.9. The third kappa shape index (κ3) is 8.07. The van der Waals surface area contributed by atoms with E-state index in [2.05, 4.69) is 32.7 Å². The Labute approximate surface area is 159 Å². The van der Waals surface area contributed by atoms with Gasteiger partial charge in [-0.1, -0.05) is 12.1 Å². The summed E-state index contributed by atoms with van der Waals surface area (Å²) in [5.74, 6) is 1.79. The minimum atomic E-state index is -4.15. The van der Waals surface area contributed by atoms with E-state index in [-0.39, 0.29) is 6.54 Å². The van der Waals surface area contributed by atoms with Crippen LogP contribution in [-0.4, -0.2) is 57.4 Å². The van der Waals surface area contributed by atoms with Crippen molar-refractivity contribution < 1.29 is 17.9 Å². The molecule has 1 fully saturated rings. The lowest BCUT2D eigenvalue weighted by Crippen LogP contribution is -2.43. The molecular formula is C19H29F3N4O. The summed E-state index contributed by atoms with van der Waals surface area (Å²) in [5.41, 5.74) is 1.27. The normalized spacial score (nSPS) is 17.0. The number of methoxy groups -OCH3 is 1. The molecule has 0 atom stereocenters. The minimum Gasteiger partial charge on any atom is -0.497 e. The van der Waals surface area contributed by atoms with Gasteiger partial charge in [-0.15, -0.1) is 0 Å². The maximum atomic E-state index is 12.2. The van der Waals surface area contributed by atoms with Gasteiger partial charge in [0.05, 0.1) is 13.5 Å². The van der Waals surface area contributed by atoms with Crippen molar-refractivity contribution in [1.82, 2.24) is 15.5 Å². The van der Waals surface area contributed by atoms with Crippen LogP contribution in [0, 0.1) is 5.92 Å². The highest BCUT2D eigenvalue weighted by atomic mass is 19.4. The molecule has 0 aromatic heterocycles. The van der Waals surface area contributed by atoms with Gasteiger partial charge in [0.25, 0.3) is 0 Å². The third-order valence-electron chi connectivity index (χ3n) is 4.76. The van der Waals surface area contributed by atoms with Crippen molar-refractivity contribution in [3.05, 3.63) is 29.8 Å². The molecule has 0 saturated carbocycles. The van der Waals surface area contributed by atoms with Crippen molar-refractivity contribution in [2.24, 2.45) is 10.9 Å². The number of guanidine groups is 1. The molecule has 0 spiro atoms. The van der Waals surface area contributed by atoms with E-state index in [1.54, 1.807) is 14.2 Å². The molecule has 1 saturated heterocycles. The maximum Gasteiger partial charge on any atom is 0.390 e. The number of rotatable bonds is 7. The molecule has 1 heterocycles. The number of ether oxygens (including phenoxy) is 1. The highest BCUT2D eigenvalue weighted by Crippen LogP contribution is 2.20. The zero-order valence-corrected chi connectivity index (χ0v) is 16.0. The Kier molecular flexibility index (Phi) is 8.22. The average Bonchev–Trinajstić information content (AvgIpc) is 2.65. The van der Waals surface area contributed by atoms with Crippen LogP contribution in [0.3, 0.4) is 0 Å². The van der Waals surface area contributed by atoms with Crippen LogP contribution < -0.4 is 15.4 Å². The fourth-order valence-electron chi connectivity index (χ4n) is 3.12. The Morgan fingerprint density at radius 3 is 2.41 bits per heavy atom. The van der Waals surface area contributed by atoms with Gasteiger partial charge in [-0.25, -0.2) is 0 Å². The molecular weight excluding hydrogens is 357 g/mol. The smallest absolute Gasteiger partial charge is 0.390 e. The molecule has 27 heavy (non-hydrogen) atoms. The lowest BCUT2D eigenvalue weighted by molar-refractivity contribution is -0.132. The summed E-state index contributed by atoms with van der Waals surface area (Å²) in [6, 6.07) is 8.12. The van der Waals surface area contributed by atoms with E-state index in [1.807, 2.05) is 12.1 Å². The van der Waals surface area contributed by atoms with Crippen LogP contribution in [0.1, 0.15) is 24.8 Å². The quantitative estimate of drug-likeness (QED) is 0.559. The number of benzene rings is 1. The Morgan fingerprint density at radius 1 is 1.19 bits per heavy atom. The number of hydrogen-bond donors (Lipinski definition) is 2. The summed E-state index contributed by atoms with van der Waals surface area (Å²) in [6.07, 6.45) is -2.90. The molecule has 1 aliphatic rings. The van der Waals surface area contributed by atoms with Crippen molar-refractivity contribution in [2.75, 3.05) is 40.3 Å². The number of piperidine rings is 1. The molecule has 8 heteroatoms. The second kappa shape index (κ2) is 10.4. The topological polar surface area (TPSA) is 48.9 Å². The summed E-state index contributed by atoms with van der Waals surface area (Å²) in [7, 11) is 3.23. The van der Waals surface area contributed by atoms with Crippen LogP contribution in [0.2, 0.25) is 0 Å². The largest absolute Gasteiger partial charge is 0.497 e. The standard InChI is InChI=1S/C19H29F3N4O/c1-23-18(24-10-9-19(20,21)22)25-13-15-7-11-26(12-8-15)14-16-3-5-17(27-2)6-4-16/h3-6,15H,7-14H2,1-2H3,(H2,23,24,25). The fourth-order valence-corrected chi connectivity index (χ4v) is 3.12. The second-order valence-corrected chi connectivity index (χ2v) is 6.81. The molecule has 0 aliphatic carbocycles. The Bertz CT molecular complexity index is 582. The van der Waals surface area contributed by atoms with Gasteiger partial charge in [-0.3, -0.25) is 9.89 Å². The fraction of sp³-hybridized carbons (Fsp3) is 0.632. The third-order valence-corrected chi connectivity index (χ3v) is 4.76. The highest BCUT2D eigenvalue weighted by Gasteiger charge is 2.26. The van der Waals surface area contributed by atoms with E-state index < -0.39 is 12.6 Å². The Morgan fingerprint density at radius 2 is 1.85 bits per heavy atom. The van der Waals surface area contributed by atoms with Crippen molar-refractivity contribution in [2.45, 2.75) is 32.0 Å². The van der Waals surface area contributed by atoms with E-state index in [9.17, 15) is 13.2 Å². The van der Waals surface area contributed by atoms with Crippen LogP contribution in [0.5, 0.6) is 5.75 Å². The number of likely N-dealkylation sites (tertiary alicyclic amines) is 1. The molecule has 5 nitrogen and oxygen atoms in total. The van der Waals surface area contributed by atoms with Crippen LogP contribution >= 0.6 is 0 Å². The van der Waals surface area contributed by atoms with Gasteiger partial charge in [0.15, 0.2) is 5.96 Å². The van der Waals surface area contributed by atoms with E-state index in [0.29, 0.717) is 11.9 Å². The van der Waals surface area contributed by atoms with Gasteiger partial charge >= 0.3 is 6.18 Å². The first kappa shape index (κ1) is 21.3. The van der Waals surface area contributed by atoms with Crippen LogP contribution in [0.4, 0.5) is 13.2 Å². The van der Waals surface area contributed by atoms with Crippen molar-refractivity contribution in [1.29, 1.82) is 0 Å². The van der Waals surface area contributed by atoms with Crippen LogP contribution in [0.15, 0.2) is 29.3 Å². The van der Waals surface area contributed by atoms with Gasteiger partial charge in [-0.05, 0) is 49.5 Å². The summed E-state index contributed by atoms with van der Waals surface area (Å²) >= 11 is 0. The first-order valence-corrected chi connectivity index (χ1v) is 9.26. The SMILES string of the molecule is CN=C(NCCC(F)(F)F)NCC1CCN(Cc2ccc(OC)cc2)CC1. The molecule has 2 rings (SSSR count). The van der Waals surface area contributed by atoms with Gasteiger partial charge in [-0.2, -0.15) is 13.2 Å². The first-order valence-electron chi connectivity index (χ1n) is 9.26. The molecule has 1 aromatic rings. The monoisotopic (exact) mass is 386 g/mol. The number of nitrogens with zero attached hydrogens (tertiary/aromatic N) is 2. The van der Waals surface area contributed by atoms with Crippen molar-refractivity contribution >= 4 is 5.96 Å². The minimum absolute atomic E-state index is 0.163. The van der Waals surface area contributed by atoms with Crippen molar-refractivity contribution in [3.63, 3.8) is 0 Å². The van der Waals surface area contributed by atoms with E-state index in [1.165, 1.54) is 5.56 Å². The van der Waals surface area contributed by atoms with Gasteiger partial charge in [0, 0.05) is 26.7 Å². The number of halogens is 3. The average molecular weight is 386 g/mol. The van der Waals surface area contributed by atoms with Crippen LogP contribution in [-0.2, 0) is 6.54 Å². The number of aliphatic imine (C=N–C) groups is 1. The van der Waals surface area contributed by atoms with Gasteiger partial charge < -0.3 is 15.4 Å². The predicted molar refractivity (Wildman–Crippen MR) is 101 cm³/mol. The molecule has 1 aliphatic heterocycles. The number of hydrogen-bond acceptors (Lipinski definition) is 3. The lowest BCUT2D eigenvalue weighted by Gasteiger charge is -2.32. The summed E-state index contributed by atoms with van der Waals surface area (Å²) in [4.78, 5) is 6.41.